The van der Waals surface area contributed by atoms with Crippen molar-refractivity contribution in [1.29, 1.82) is 0 Å². The van der Waals surface area contributed by atoms with Crippen LogP contribution in [-0.4, -0.2) is 29.5 Å². The van der Waals surface area contributed by atoms with Crippen LogP contribution in [0, 0.1) is 5.92 Å². The summed E-state index contributed by atoms with van der Waals surface area (Å²) >= 11 is 0. The van der Waals surface area contributed by atoms with Gasteiger partial charge >= 0.3 is 0 Å². The van der Waals surface area contributed by atoms with Crippen LogP contribution in [0.25, 0.3) is 0 Å². The van der Waals surface area contributed by atoms with Crippen LogP contribution in [0.3, 0.4) is 0 Å². The molecule has 0 bridgehead atoms. The largest absolute Gasteiger partial charge is 0.387 e. The fourth-order valence-electron chi connectivity index (χ4n) is 4.50. The Morgan fingerprint density at radius 1 is 0.848 bits per heavy atom. The Morgan fingerprint density at radius 2 is 1.39 bits per heavy atom. The van der Waals surface area contributed by atoms with E-state index in [0.717, 1.165) is 16.7 Å². The first-order valence-corrected chi connectivity index (χ1v) is 11.8. The third-order valence-corrected chi connectivity index (χ3v) is 6.52. The van der Waals surface area contributed by atoms with E-state index in [4.69, 9.17) is 14.2 Å². The molecule has 1 saturated heterocycles. The molecule has 1 heterocycles. The van der Waals surface area contributed by atoms with E-state index in [1.54, 1.807) is 0 Å². The van der Waals surface area contributed by atoms with Crippen LogP contribution >= 0.6 is 0 Å². The third-order valence-electron chi connectivity index (χ3n) is 6.52. The predicted octanol–water partition coefficient (Wildman–Crippen LogP) is 5.71. The molecule has 0 radical (unpaired) electrons. The monoisotopic (exact) mass is 446 g/mol. The fraction of sp³-hybridized carbons (Fsp3) is 0.379. The fourth-order valence-corrected chi connectivity index (χ4v) is 4.50. The highest BCUT2D eigenvalue weighted by Gasteiger charge is 2.51. The van der Waals surface area contributed by atoms with Crippen molar-refractivity contribution >= 4 is 0 Å². The van der Waals surface area contributed by atoms with Crippen molar-refractivity contribution < 1.29 is 19.3 Å². The maximum absolute atomic E-state index is 11.9. The Bertz CT molecular complexity index is 961. The van der Waals surface area contributed by atoms with Crippen LogP contribution in [0.1, 0.15) is 43.1 Å². The molecule has 4 rings (SSSR count). The Morgan fingerprint density at radius 3 is 1.97 bits per heavy atom. The second-order valence-electron chi connectivity index (χ2n) is 9.14. The van der Waals surface area contributed by atoms with E-state index in [0.29, 0.717) is 26.2 Å². The molecule has 174 valence electrons. The zero-order valence-corrected chi connectivity index (χ0v) is 19.5. The molecule has 1 aliphatic rings. The maximum atomic E-state index is 11.9. The molecule has 0 aromatic heterocycles. The van der Waals surface area contributed by atoms with E-state index in [9.17, 15) is 5.11 Å². The van der Waals surface area contributed by atoms with E-state index in [2.05, 4.69) is 12.1 Å². The van der Waals surface area contributed by atoms with E-state index >= 15 is 0 Å². The molecule has 4 heteroatoms. The van der Waals surface area contributed by atoms with Crippen molar-refractivity contribution in [2.75, 3.05) is 6.61 Å². The molecule has 3 aromatic carbocycles. The topological polar surface area (TPSA) is 47.9 Å². The average molecular weight is 447 g/mol. The van der Waals surface area contributed by atoms with Gasteiger partial charge < -0.3 is 19.3 Å². The van der Waals surface area contributed by atoms with Gasteiger partial charge in [0.15, 0.2) is 0 Å². The van der Waals surface area contributed by atoms with Gasteiger partial charge in [-0.3, -0.25) is 0 Å². The number of rotatable bonds is 9. The Balaban J connectivity index is 1.55. The lowest BCUT2D eigenvalue weighted by atomic mass is 9.75. The Kier molecular flexibility index (Phi) is 7.94. The molecule has 33 heavy (non-hydrogen) atoms. The number of hydrogen-bond acceptors (Lipinski definition) is 4. The molecule has 0 aliphatic carbocycles. The highest BCUT2D eigenvalue weighted by atomic mass is 16.6. The van der Waals surface area contributed by atoms with Gasteiger partial charge in [-0.05, 0) is 22.6 Å². The normalized spacial score (nSPS) is 25.3. The summed E-state index contributed by atoms with van der Waals surface area (Å²) in [5.74, 6) is -0.00925. The Labute approximate surface area is 197 Å². The summed E-state index contributed by atoms with van der Waals surface area (Å²) in [5.41, 5.74) is 2.19. The SMILES string of the molecule is CC(C)[C@]1(O)C[C@@H](c2ccccc2)O[C@H](COCc2ccccc2)[C@H]1OCc1ccccc1. The number of benzene rings is 3. The summed E-state index contributed by atoms with van der Waals surface area (Å²) in [6, 6.07) is 30.3. The molecule has 0 saturated carbocycles. The maximum Gasteiger partial charge on any atom is 0.115 e. The van der Waals surface area contributed by atoms with Gasteiger partial charge in [0.05, 0.1) is 31.5 Å². The van der Waals surface area contributed by atoms with Crippen LogP contribution < -0.4 is 0 Å². The zero-order valence-electron chi connectivity index (χ0n) is 19.5. The second-order valence-corrected chi connectivity index (χ2v) is 9.14. The first-order valence-electron chi connectivity index (χ1n) is 11.8. The molecule has 1 fully saturated rings. The van der Waals surface area contributed by atoms with E-state index in [1.165, 1.54) is 0 Å². The van der Waals surface area contributed by atoms with Gasteiger partial charge in [0.25, 0.3) is 0 Å². The lowest BCUT2D eigenvalue weighted by Gasteiger charge is -2.49. The average Bonchev–Trinajstić information content (AvgIpc) is 2.85. The van der Waals surface area contributed by atoms with Gasteiger partial charge in [0.1, 0.15) is 12.2 Å². The van der Waals surface area contributed by atoms with Crippen LogP contribution in [-0.2, 0) is 27.4 Å². The summed E-state index contributed by atoms with van der Waals surface area (Å²) in [7, 11) is 0. The van der Waals surface area contributed by atoms with Crippen LogP contribution in [0.4, 0.5) is 0 Å². The number of hydrogen-bond donors (Lipinski definition) is 1. The van der Waals surface area contributed by atoms with Crippen molar-refractivity contribution in [3.63, 3.8) is 0 Å². The molecule has 0 amide bonds. The second kappa shape index (κ2) is 11.1. The highest BCUT2D eigenvalue weighted by molar-refractivity contribution is 5.20. The van der Waals surface area contributed by atoms with Crippen molar-refractivity contribution in [2.24, 2.45) is 5.92 Å². The quantitative estimate of drug-likeness (QED) is 0.458. The van der Waals surface area contributed by atoms with E-state index < -0.39 is 17.8 Å². The van der Waals surface area contributed by atoms with E-state index in [1.807, 2.05) is 92.7 Å². The summed E-state index contributed by atoms with van der Waals surface area (Å²) in [5, 5.41) is 11.9. The van der Waals surface area contributed by atoms with Crippen LogP contribution in [0.5, 0.6) is 0 Å². The van der Waals surface area contributed by atoms with Gasteiger partial charge in [-0.15, -0.1) is 0 Å². The van der Waals surface area contributed by atoms with Gasteiger partial charge in [0, 0.05) is 6.42 Å². The van der Waals surface area contributed by atoms with Gasteiger partial charge in [-0.1, -0.05) is 105 Å². The van der Waals surface area contributed by atoms with E-state index in [-0.39, 0.29) is 12.0 Å². The molecular formula is C29H34O4. The van der Waals surface area contributed by atoms with Crippen molar-refractivity contribution in [3.8, 4) is 0 Å². The van der Waals surface area contributed by atoms with Crippen molar-refractivity contribution in [1.82, 2.24) is 0 Å². The molecular weight excluding hydrogens is 412 g/mol. The molecule has 1 N–H and O–H groups in total. The minimum atomic E-state index is -1.05. The Hall–Kier alpha value is -2.50. The number of aliphatic hydroxyl groups is 1. The summed E-state index contributed by atoms with van der Waals surface area (Å²) in [6.07, 6.45) is -0.652. The van der Waals surface area contributed by atoms with Gasteiger partial charge in [-0.2, -0.15) is 0 Å². The number of ether oxygens (including phenoxy) is 3. The van der Waals surface area contributed by atoms with Crippen LogP contribution in [0.15, 0.2) is 91.0 Å². The van der Waals surface area contributed by atoms with Crippen molar-refractivity contribution in [3.05, 3.63) is 108 Å². The summed E-state index contributed by atoms with van der Waals surface area (Å²) < 4.78 is 19.0. The predicted molar refractivity (Wildman–Crippen MR) is 130 cm³/mol. The smallest absolute Gasteiger partial charge is 0.115 e. The third kappa shape index (κ3) is 5.90. The minimum absolute atomic E-state index is 0.00925. The van der Waals surface area contributed by atoms with Gasteiger partial charge in [-0.25, -0.2) is 0 Å². The molecule has 0 spiro atoms. The lowest BCUT2D eigenvalue weighted by molar-refractivity contribution is -0.260. The standard InChI is InChI=1S/C29H34O4/c1-22(2)29(30)18-26(25-16-10-5-11-17-25)33-27(21-31-19-23-12-6-3-7-13-23)28(29)32-20-24-14-8-4-9-15-24/h3-17,22,26-28,30H,18-21H2,1-2H3/t26-,27+,28+,29+/m0/s1. The first-order chi connectivity index (χ1) is 16.1. The zero-order chi connectivity index (χ0) is 23.1. The molecule has 3 aromatic rings. The summed E-state index contributed by atoms with van der Waals surface area (Å²) in [4.78, 5) is 0. The lowest BCUT2D eigenvalue weighted by Crippen LogP contribution is -2.60. The summed E-state index contributed by atoms with van der Waals surface area (Å²) in [6.45, 7) is 5.34. The molecule has 4 nitrogen and oxygen atoms in total. The highest BCUT2D eigenvalue weighted by Crippen LogP contribution is 2.43. The van der Waals surface area contributed by atoms with Crippen LogP contribution in [0.2, 0.25) is 0 Å². The van der Waals surface area contributed by atoms with Gasteiger partial charge in [0.2, 0.25) is 0 Å². The molecule has 4 atom stereocenters. The molecule has 1 aliphatic heterocycles. The minimum Gasteiger partial charge on any atom is -0.387 e. The molecule has 0 unspecified atom stereocenters. The van der Waals surface area contributed by atoms with Crippen molar-refractivity contribution in [2.45, 2.75) is 57.4 Å². The first kappa shape index (κ1) is 23.7.